The minimum absolute atomic E-state index is 0.0367. The smallest absolute Gasteiger partial charge is 0.188 e. The van der Waals surface area contributed by atoms with Gasteiger partial charge < -0.3 is 4.74 Å². The molecule has 0 N–H and O–H groups in total. The van der Waals surface area contributed by atoms with Crippen LogP contribution >= 0.6 is 0 Å². The van der Waals surface area contributed by atoms with Crippen LogP contribution in [-0.4, -0.2) is 19.6 Å². The maximum absolute atomic E-state index is 5.89. The molecule has 108 valence electrons. The molecule has 1 fully saturated rings. The molecule has 1 saturated carbocycles. The van der Waals surface area contributed by atoms with Gasteiger partial charge in [0.1, 0.15) is 0 Å². The van der Waals surface area contributed by atoms with Gasteiger partial charge in [-0.1, -0.05) is 54.4 Å². The SMILES string of the molecule is CC.CN=C(OCC1CCCC(C)C1)C(C)(C)C. The summed E-state index contributed by atoms with van der Waals surface area (Å²) in [5.41, 5.74) is 0.0367. The van der Waals surface area contributed by atoms with E-state index < -0.39 is 0 Å². The van der Waals surface area contributed by atoms with Crippen LogP contribution in [0.4, 0.5) is 0 Å². The minimum Gasteiger partial charge on any atom is -0.480 e. The van der Waals surface area contributed by atoms with Gasteiger partial charge in [-0.25, -0.2) is 0 Å². The summed E-state index contributed by atoms with van der Waals surface area (Å²) in [7, 11) is 1.82. The zero-order chi connectivity index (χ0) is 14.2. The molecule has 2 atom stereocenters. The Labute approximate surface area is 114 Å². The molecular weight excluding hydrogens is 222 g/mol. The number of hydrogen-bond acceptors (Lipinski definition) is 2. The molecule has 0 heterocycles. The van der Waals surface area contributed by atoms with E-state index in [1.807, 2.05) is 20.9 Å². The van der Waals surface area contributed by atoms with Crippen molar-refractivity contribution >= 4 is 5.90 Å². The summed E-state index contributed by atoms with van der Waals surface area (Å²) in [5.74, 6) is 2.51. The van der Waals surface area contributed by atoms with E-state index in [0.717, 1.165) is 24.3 Å². The van der Waals surface area contributed by atoms with Gasteiger partial charge in [-0.15, -0.1) is 0 Å². The van der Waals surface area contributed by atoms with E-state index in [2.05, 4.69) is 32.7 Å². The molecule has 2 nitrogen and oxygen atoms in total. The molecule has 0 aromatic heterocycles. The Hall–Kier alpha value is -0.530. The molecule has 0 saturated heterocycles. The van der Waals surface area contributed by atoms with E-state index in [9.17, 15) is 0 Å². The van der Waals surface area contributed by atoms with Crippen LogP contribution < -0.4 is 0 Å². The van der Waals surface area contributed by atoms with E-state index >= 15 is 0 Å². The first kappa shape index (κ1) is 17.5. The summed E-state index contributed by atoms with van der Waals surface area (Å²) in [6.45, 7) is 13.7. The first-order valence-electron chi connectivity index (χ1n) is 7.53. The number of ether oxygens (including phenoxy) is 1. The van der Waals surface area contributed by atoms with Crippen LogP contribution in [-0.2, 0) is 4.74 Å². The van der Waals surface area contributed by atoms with Gasteiger partial charge in [0.15, 0.2) is 5.90 Å². The molecule has 0 amide bonds. The van der Waals surface area contributed by atoms with E-state index in [1.54, 1.807) is 0 Å². The topological polar surface area (TPSA) is 21.6 Å². The van der Waals surface area contributed by atoms with Crippen LogP contribution in [0.3, 0.4) is 0 Å². The maximum atomic E-state index is 5.89. The largest absolute Gasteiger partial charge is 0.480 e. The summed E-state index contributed by atoms with van der Waals surface area (Å²) in [4.78, 5) is 4.26. The lowest BCUT2D eigenvalue weighted by Crippen LogP contribution is -2.27. The second kappa shape index (κ2) is 8.55. The lowest BCUT2D eigenvalue weighted by atomic mass is 9.83. The van der Waals surface area contributed by atoms with Crippen molar-refractivity contribution in [3.8, 4) is 0 Å². The van der Waals surface area contributed by atoms with Crippen molar-refractivity contribution in [1.82, 2.24) is 0 Å². The Kier molecular flexibility index (Phi) is 8.30. The first-order valence-corrected chi connectivity index (χ1v) is 7.53. The summed E-state index contributed by atoms with van der Waals surface area (Å²) in [6, 6.07) is 0. The molecule has 1 rings (SSSR count). The Morgan fingerprint density at radius 2 is 1.83 bits per heavy atom. The van der Waals surface area contributed by atoms with E-state index in [4.69, 9.17) is 4.74 Å². The lowest BCUT2D eigenvalue weighted by molar-refractivity contribution is 0.160. The lowest BCUT2D eigenvalue weighted by Gasteiger charge is -2.29. The van der Waals surface area contributed by atoms with Crippen molar-refractivity contribution in [3.05, 3.63) is 0 Å². The molecule has 0 radical (unpaired) electrons. The molecule has 2 unspecified atom stereocenters. The highest BCUT2D eigenvalue weighted by Gasteiger charge is 2.23. The zero-order valence-electron chi connectivity index (χ0n) is 13.5. The molecule has 0 bridgehead atoms. The van der Waals surface area contributed by atoms with Gasteiger partial charge in [0.2, 0.25) is 0 Å². The van der Waals surface area contributed by atoms with E-state index in [0.29, 0.717) is 0 Å². The molecule has 18 heavy (non-hydrogen) atoms. The fourth-order valence-corrected chi connectivity index (χ4v) is 2.52. The number of aliphatic imine (C=N–C) groups is 1. The average molecular weight is 255 g/mol. The minimum atomic E-state index is 0.0367. The summed E-state index contributed by atoms with van der Waals surface area (Å²) in [5, 5.41) is 0. The Balaban J connectivity index is 0.00000137. The summed E-state index contributed by atoms with van der Waals surface area (Å²) >= 11 is 0. The molecular formula is C16H33NO. The number of nitrogens with zero attached hydrogens (tertiary/aromatic N) is 1. The van der Waals surface area contributed by atoms with Crippen LogP contribution in [0.2, 0.25) is 0 Å². The van der Waals surface area contributed by atoms with Crippen molar-refractivity contribution < 1.29 is 4.74 Å². The summed E-state index contributed by atoms with van der Waals surface area (Å²) < 4.78 is 5.89. The third-order valence-electron chi connectivity index (χ3n) is 3.35. The molecule has 0 aliphatic heterocycles. The molecule has 2 heteroatoms. The third-order valence-corrected chi connectivity index (χ3v) is 3.35. The van der Waals surface area contributed by atoms with Gasteiger partial charge in [0.25, 0.3) is 0 Å². The Morgan fingerprint density at radius 3 is 2.28 bits per heavy atom. The van der Waals surface area contributed by atoms with Gasteiger partial charge in [0, 0.05) is 12.5 Å². The predicted molar refractivity (Wildman–Crippen MR) is 81.2 cm³/mol. The van der Waals surface area contributed by atoms with Gasteiger partial charge in [-0.2, -0.15) is 0 Å². The maximum Gasteiger partial charge on any atom is 0.188 e. The normalized spacial score (nSPS) is 25.2. The van der Waals surface area contributed by atoms with Gasteiger partial charge in [-0.3, -0.25) is 4.99 Å². The molecule has 1 aliphatic rings. The standard InChI is InChI=1S/C14H27NO.C2H6/c1-11-7-6-8-12(9-11)10-16-13(15-5)14(2,3)4;1-2/h11-12H,6-10H2,1-5H3;1-2H3. The quantitative estimate of drug-likeness (QED) is 0.506. The fraction of sp³-hybridized carbons (Fsp3) is 0.938. The van der Waals surface area contributed by atoms with Crippen molar-refractivity contribution in [2.75, 3.05) is 13.7 Å². The summed E-state index contributed by atoms with van der Waals surface area (Å²) in [6.07, 6.45) is 5.40. The predicted octanol–water partition coefficient (Wildman–Crippen LogP) is 4.93. The van der Waals surface area contributed by atoms with Crippen LogP contribution in [0, 0.1) is 17.3 Å². The molecule has 0 aromatic rings. The van der Waals surface area contributed by atoms with Crippen LogP contribution in [0.15, 0.2) is 4.99 Å². The van der Waals surface area contributed by atoms with Crippen LogP contribution in [0.25, 0.3) is 0 Å². The van der Waals surface area contributed by atoms with Gasteiger partial charge in [-0.05, 0) is 24.7 Å². The highest BCUT2D eigenvalue weighted by Crippen LogP contribution is 2.29. The molecule has 0 aromatic carbocycles. The Bertz CT molecular complexity index is 240. The van der Waals surface area contributed by atoms with Crippen molar-refractivity contribution in [2.45, 2.75) is 67.2 Å². The number of rotatable bonds is 2. The highest BCUT2D eigenvalue weighted by molar-refractivity contribution is 5.81. The van der Waals surface area contributed by atoms with Crippen LogP contribution in [0.5, 0.6) is 0 Å². The fourth-order valence-electron chi connectivity index (χ4n) is 2.52. The second-order valence-electron chi connectivity index (χ2n) is 6.23. The van der Waals surface area contributed by atoms with E-state index in [1.165, 1.54) is 25.7 Å². The van der Waals surface area contributed by atoms with E-state index in [-0.39, 0.29) is 5.41 Å². The third kappa shape index (κ3) is 6.42. The molecule has 0 spiro atoms. The van der Waals surface area contributed by atoms with Crippen LogP contribution in [0.1, 0.15) is 67.2 Å². The monoisotopic (exact) mass is 255 g/mol. The number of hydrogen-bond donors (Lipinski definition) is 0. The van der Waals surface area contributed by atoms with Crippen molar-refractivity contribution in [2.24, 2.45) is 22.2 Å². The van der Waals surface area contributed by atoms with Crippen molar-refractivity contribution in [1.29, 1.82) is 0 Å². The van der Waals surface area contributed by atoms with Gasteiger partial charge in [0.05, 0.1) is 6.61 Å². The highest BCUT2D eigenvalue weighted by atomic mass is 16.5. The zero-order valence-corrected chi connectivity index (χ0v) is 13.5. The average Bonchev–Trinajstić information content (AvgIpc) is 2.31. The molecule has 1 aliphatic carbocycles. The Morgan fingerprint density at radius 1 is 1.22 bits per heavy atom. The second-order valence-corrected chi connectivity index (χ2v) is 6.23. The van der Waals surface area contributed by atoms with Gasteiger partial charge >= 0.3 is 0 Å². The van der Waals surface area contributed by atoms with Crippen molar-refractivity contribution in [3.63, 3.8) is 0 Å². The first-order chi connectivity index (χ1) is 8.43.